The number of aliphatic hydroxyl groups is 1. The van der Waals surface area contributed by atoms with Gasteiger partial charge in [0.05, 0.1) is 18.1 Å². The highest BCUT2D eigenvalue weighted by atomic mass is 32.2. The minimum Gasteiger partial charge on any atom is -0.375 e. The first-order valence-electron chi connectivity index (χ1n) is 8.51. The Labute approximate surface area is 158 Å². The Kier molecular flexibility index (Phi) is 5.86. The summed E-state index contributed by atoms with van der Waals surface area (Å²) in [5, 5.41) is 10.3. The third-order valence-electron chi connectivity index (χ3n) is 4.31. The second-order valence-electron chi connectivity index (χ2n) is 6.34. The largest absolute Gasteiger partial charge is 0.375 e. The van der Waals surface area contributed by atoms with Crippen LogP contribution in [0.1, 0.15) is 11.1 Å². The molecule has 1 aliphatic rings. The van der Waals surface area contributed by atoms with Crippen LogP contribution in [0.2, 0.25) is 0 Å². The summed E-state index contributed by atoms with van der Waals surface area (Å²) in [6, 6.07) is 14.5. The van der Waals surface area contributed by atoms with Crippen molar-refractivity contribution in [2.24, 2.45) is 0 Å². The molecular formula is C20H21NO5S. The molecule has 142 valence electrons. The first-order chi connectivity index (χ1) is 12.9. The number of hydrogen-bond donors (Lipinski definition) is 1. The lowest BCUT2D eigenvalue weighted by molar-refractivity contribution is -0.123. The summed E-state index contributed by atoms with van der Waals surface area (Å²) >= 11 is 0. The highest BCUT2D eigenvalue weighted by Gasteiger charge is 2.41. The zero-order chi connectivity index (χ0) is 19.4. The normalized spacial score (nSPS) is 20.7. The quantitative estimate of drug-likeness (QED) is 0.820. The average Bonchev–Trinajstić information content (AvgIpc) is 2.65. The Balaban J connectivity index is 1.82. The smallest absolute Gasteiger partial charge is 0.246 e. The van der Waals surface area contributed by atoms with Gasteiger partial charge in [-0.25, -0.2) is 8.42 Å². The van der Waals surface area contributed by atoms with Crippen LogP contribution in [-0.4, -0.2) is 42.5 Å². The molecule has 1 heterocycles. The van der Waals surface area contributed by atoms with Crippen molar-refractivity contribution in [1.82, 2.24) is 4.31 Å². The van der Waals surface area contributed by atoms with Gasteiger partial charge < -0.3 is 9.84 Å². The lowest BCUT2D eigenvalue weighted by Gasteiger charge is -2.34. The summed E-state index contributed by atoms with van der Waals surface area (Å²) in [7, 11) is -4.07. The average molecular weight is 387 g/mol. The fourth-order valence-corrected chi connectivity index (χ4v) is 4.42. The fourth-order valence-electron chi connectivity index (χ4n) is 2.85. The second kappa shape index (κ2) is 8.14. The van der Waals surface area contributed by atoms with Crippen LogP contribution in [-0.2, 0) is 26.2 Å². The fraction of sp³-hybridized carbons (Fsp3) is 0.250. The lowest BCUT2D eigenvalue weighted by Crippen LogP contribution is -2.54. The zero-order valence-corrected chi connectivity index (χ0v) is 15.7. The number of sulfonamides is 1. The molecule has 2 aromatic rings. The number of ketones is 1. The monoisotopic (exact) mass is 387 g/mol. The van der Waals surface area contributed by atoms with Crippen molar-refractivity contribution in [2.75, 3.05) is 6.61 Å². The summed E-state index contributed by atoms with van der Waals surface area (Å²) < 4.78 is 32.4. The van der Waals surface area contributed by atoms with Gasteiger partial charge in [0.25, 0.3) is 0 Å². The molecule has 0 aromatic heterocycles. The summed E-state index contributed by atoms with van der Waals surface area (Å²) in [6.45, 7) is 1.93. The van der Waals surface area contributed by atoms with Crippen LogP contribution in [0.5, 0.6) is 0 Å². The maximum absolute atomic E-state index is 13.0. The van der Waals surface area contributed by atoms with Gasteiger partial charge in [0.15, 0.2) is 5.78 Å². The topological polar surface area (TPSA) is 83.9 Å². The van der Waals surface area contributed by atoms with Gasteiger partial charge in [-0.3, -0.25) is 4.79 Å². The van der Waals surface area contributed by atoms with E-state index in [9.17, 15) is 18.3 Å². The Morgan fingerprint density at radius 2 is 1.74 bits per heavy atom. The molecule has 27 heavy (non-hydrogen) atoms. The van der Waals surface area contributed by atoms with E-state index in [1.807, 2.05) is 37.3 Å². The second-order valence-corrected chi connectivity index (χ2v) is 8.18. The molecule has 0 spiro atoms. The first-order valence-corrected chi connectivity index (χ1v) is 9.95. The number of benzene rings is 2. The van der Waals surface area contributed by atoms with E-state index < -0.39 is 28.1 Å². The Hall–Kier alpha value is -2.32. The number of aliphatic hydroxyl groups excluding tert-OH is 1. The van der Waals surface area contributed by atoms with Gasteiger partial charge in [0, 0.05) is 0 Å². The highest BCUT2D eigenvalue weighted by Crippen LogP contribution is 2.25. The number of ether oxygens (including phenoxy) is 1. The van der Waals surface area contributed by atoms with Crippen molar-refractivity contribution >= 4 is 15.8 Å². The van der Waals surface area contributed by atoms with Gasteiger partial charge in [0.1, 0.15) is 12.3 Å². The zero-order valence-electron chi connectivity index (χ0n) is 14.9. The number of carbonyl (C=O) groups is 1. The minimum absolute atomic E-state index is 0.0170. The molecule has 0 bridgehead atoms. The molecule has 0 saturated heterocycles. The molecular weight excluding hydrogens is 366 g/mol. The Morgan fingerprint density at radius 1 is 1.07 bits per heavy atom. The molecule has 0 radical (unpaired) electrons. The van der Waals surface area contributed by atoms with Crippen LogP contribution >= 0.6 is 0 Å². The molecule has 7 heteroatoms. The maximum Gasteiger partial charge on any atom is 0.246 e. The predicted octanol–water partition coefficient (Wildman–Crippen LogP) is 2.03. The molecule has 0 amide bonds. The van der Waals surface area contributed by atoms with Crippen LogP contribution in [0.4, 0.5) is 0 Å². The SMILES string of the molecule is Cc1ccc(S(=O)(=O)N2[C@H](COCc3ccccc3)C(=O)C=C[C@@H]2O)cc1. The van der Waals surface area contributed by atoms with Crippen molar-refractivity contribution in [3.05, 3.63) is 77.9 Å². The van der Waals surface area contributed by atoms with Crippen molar-refractivity contribution < 1.29 is 23.1 Å². The molecule has 1 N–H and O–H groups in total. The van der Waals surface area contributed by atoms with Crippen molar-refractivity contribution in [3.63, 3.8) is 0 Å². The van der Waals surface area contributed by atoms with Crippen molar-refractivity contribution in [3.8, 4) is 0 Å². The van der Waals surface area contributed by atoms with E-state index in [0.29, 0.717) is 0 Å². The molecule has 0 aliphatic carbocycles. The summed E-state index contributed by atoms with van der Waals surface area (Å²) in [5.74, 6) is -0.427. The molecule has 0 unspecified atom stereocenters. The van der Waals surface area contributed by atoms with Crippen molar-refractivity contribution in [1.29, 1.82) is 0 Å². The molecule has 1 aliphatic heterocycles. The number of rotatable bonds is 6. The molecule has 0 fully saturated rings. The van der Waals surface area contributed by atoms with Crippen LogP contribution < -0.4 is 0 Å². The molecule has 0 saturated carbocycles. The van der Waals surface area contributed by atoms with E-state index in [0.717, 1.165) is 15.4 Å². The number of carbonyl (C=O) groups excluding carboxylic acids is 1. The molecule has 2 aromatic carbocycles. The van der Waals surface area contributed by atoms with E-state index in [1.165, 1.54) is 24.3 Å². The molecule has 6 nitrogen and oxygen atoms in total. The number of nitrogens with zero attached hydrogens (tertiary/aromatic N) is 1. The van der Waals surface area contributed by atoms with Crippen LogP contribution in [0.25, 0.3) is 0 Å². The third-order valence-corrected chi connectivity index (χ3v) is 6.21. The third kappa shape index (κ3) is 4.33. The first kappa shape index (κ1) is 19.4. The summed E-state index contributed by atoms with van der Waals surface area (Å²) in [4.78, 5) is 12.4. The molecule has 3 rings (SSSR count). The summed E-state index contributed by atoms with van der Waals surface area (Å²) in [5.41, 5.74) is 1.82. The van der Waals surface area contributed by atoms with Crippen LogP contribution in [0.3, 0.4) is 0 Å². The predicted molar refractivity (Wildman–Crippen MR) is 100 cm³/mol. The molecule has 2 atom stereocenters. The van der Waals surface area contributed by atoms with Gasteiger partial charge >= 0.3 is 0 Å². The van der Waals surface area contributed by atoms with Crippen LogP contribution in [0.15, 0.2) is 71.6 Å². The lowest BCUT2D eigenvalue weighted by atomic mass is 10.1. The highest BCUT2D eigenvalue weighted by molar-refractivity contribution is 7.89. The van der Waals surface area contributed by atoms with Crippen molar-refractivity contribution in [2.45, 2.75) is 30.7 Å². The van der Waals surface area contributed by atoms with E-state index in [4.69, 9.17) is 4.74 Å². The number of hydrogen-bond acceptors (Lipinski definition) is 5. The maximum atomic E-state index is 13.0. The van der Waals surface area contributed by atoms with Gasteiger partial charge in [-0.2, -0.15) is 4.31 Å². The van der Waals surface area contributed by atoms with Gasteiger partial charge in [0.2, 0.25) is 10.0 Å². The van der Waals surface area contributed by atoms with Gasteiger partial charge in [-0.15, -0.1) is 0 Å². The van der Waals surface area contributed by atoms with Gasteiger partial charge in [-0.1, -0.05) is 48.0 Å². The summed E-state index contributed by atoms with van der Waals surface area (Å²) in [6.07, 6.45) is 0.934. The van der Waals surface area contributed by atoms with E-state index in [2.05, 4.69) is 0 Å². The standard InChI is InChI=1S/C20H21NO5S/c1-15-7-9-17(10-8-15)27(24,25)21-18(19(22)11-12-20(21)23)14-26-13-16-5-3-2-4-6-16/h2-12,18,20,23H,13-14H2,1H3/t18-,20+/m1/s1. The number of aryl methyl sites for hydroxylation is 1. The van der Waals surface area contributed by atoms with E-state index in [-0.39, 0.29) is 18.1 Å². The Bertz CT molecular complexity index is 923. The van der Waals surface area contributed by atoms with E-state index >= 15 is 0 Å². The Morgan fingerprint density at radius 3 is 2.41 bits per heavy atom. The van der Waals surface area contributed by atoms with E-state index in [1.54, 1.807) is 12.1 Å². The minimum atomic E-state index is -4.07. The van der Waals surface area contributed by atoms with Gasteiger partial charge in [-0.05, 0) is 36.8 Å². The van der Waals surface area contributed by atoms with Crippen LogP contribution in [0, 0.1) is 6.92 Å².